The summed E-state index contributed by atoms with van der Waals surface area (Å²) >= 11 is 1.32. The van der Waals surface area contributed by atoms with Gasteiger partial charge in [-0.1, -0.05) is 23.9 Å². The number of hydrogen-bond acceptors (Lipinski definition) is 6. The fourth-order valence-electron chi connectivity index (χ4n) is 2.09. The van der Waals surface area contributed by atoms with Crippen molar-refractivity contribution in [1.29, 1.82) is 0 Å². The zero-order chi connectivity index (χ0) is 16.9. The van der Waals surface area contributed by atoms with Crippen LogP contribution >= 0.6 is 11.8 Å². The highest BCUT2D eigenvalue weighted by Crippen LogP contribution is 2.25. The Morgan fingerprint density at radius 1 is 1.17 bits per heavy atom. The average Bonchev–Trinajstić information content (AvgIpc) is 3.09. The van der Waals surface area contributed by atoms with E-state index in [9.17, 15) is 9.50 Å². The Morgan fingerprint density at radius 3 is 2.54 bits per heavy atom. The molecule has 0 saturated carbocycles. The van der Waals surface area contributed by atoms with E-state index >= 15 is 0 Å². The Balaban J connectivity index is 1.70. The number of benzene rings is 2. The molecule has 24 heavy (non-hydrogen) atoms. The van der Waals surface area contributed by atoms with Crippen LogP contribution in [0.15, 0.2) is 53.7 Å². The van der Waals surface area contributed by atoms with Crippen molar-refractivity contribution < 1.29 is 14.2 Å². The van der Waals surface area contributed by atoms with Gasteiger partial charge in [0.2, 0.25) is 5.16 Å². The van der Waals surface area contributed by atoms with Gasteiger partial charge in [0.05, 0.1) is 18.9 Å². The molecule has 6 nitrogen and oxygen atoms in total. The van der Waals surface area contributed by atoms with Crippen molar-refractivity contribution >= 4 is 11.8 Å². The molecule has 1 atom stereocenters. The third-order valence-electron chi connectivity index (χ3n) is 3.38. The van der Waals surface area contributed by atoms with Crippen LogP contribution in [-0.4, -0.2) is 38.2 Å². The van der Waals surface area contributed by atoms with Crippen LogP contribution in [0.25, 0.3) is 5.69 Å². The highest BCUT2D eigenvalue weighted by atomic mass is 32.2. The second-order valence-electron chi connectivity index (χ2n) is 4.95. The van der Waals surface area contributed by atoms with E-state index in [2.05, 4.69) is 15.5 Å². The molecular formula is C16H15FN4O2S. The van der Waals surface area contributed by atoms with Gasteiger partial charge in [-0.05, 0) is 52.4 Å². The number of methoxy groups -OCH3 is 1. The summed E-state index contributed by atoms with van der Waals surface area (Å²) in [7, 11) is 1.60. The SMILES string of the molecule is COc1ccc(-n2nnnc2SC[C@@H](O)c2ccc(F)cc2)cc1. The standard InChI is InChI=1S/C16H15FN4O2S/c1-23-14-8-6-13(7-9-14)21-16(18-19-20-21)24-10-15(22)11-2-4-12(17)5-3-11/h2-9,15,22H,10H2,1H3/t15-/m1/s1. The first-order valence-electron chi connectivity index (χ1n) is 7.16. The molecule has 1 heterocycles. The van der Waals surface area contributed by atoms with Gasteiger partial charge in [-0.25, -0.2) is 4.39 Å². The molecule has 0 aliphatic carbocycles. The van der Waals surface area contributed by atoms with Gasteiger partial charge in [0.1, 0.15) is 11.6 Å². The van der Waals surface area contributed by atoms with Gasteiger partial charge in [0.15, 0.2) is 0 Å². The first-order chi connectivity index (χ1) is 11.7. The zero-order valence-corrected chi connectivity index (χ0v) is 13.7. The number of rotatable bonds is 6. The van der Waals surface area contributed by atoms with Crippen molar-refractivity contribution in [2.24, 2.45) is 0 Å². The van der Waals surface area contributed by atoms with Crippen LogP contribution in [0.1, 0.15) is 11.7 Å². The van der Waals surface area contributed by atoms with Gasteiger partial charge < -0.3 is 9.84 Å². The van der Waals surface area contributed by atoms with Crippen molar-refractivity contribution in [2.75, 3.05) is 12.9 Å². The molecule has 0 aliphatic rings. The molecule has 0 amide bonds. The topological polar surface area (TPSA) is 73.1 Å². The number of aromatic nitrogens is 4. The number of thioether (sulfide) groups is 1. The third kappa shape index (κ3) is 3.72. The minimum atomic E-state index is -0.739. The van der Waals surface area contributed by atoms with E-state index < -0.39 is 6.10 Å². The van der Waals surface area contributed by atoms with Crippen LogP contribution in [0.5, 0.6) is 5.75 Å². The minimum Gasteiger partial charge on any atom is -0.497 e. The molecule has 0 spiro atoms. The molecule has 0 unspecified atom stereocenters. The van der Waals surface area contributed by atoms with Crippen molar-refractivity contribution in [1.82, 2.24) is 20.2 Å². The molecule has 0 aliphatic heterocycles. The van der Waals surface area contributed by atoms with Crippen LogP contribution in [0, 0.1) is 5.82 Å². The first kappa shape index (κ1) is 16.4. The summed E-state index contributed by atoms with van der Waals surface area (Å²) in [5.74, 6) is 0.761. The van der Waals surface area contributed by atoms with Crippen molar-refractivity contribution in [3.8, 4) is 11.4 Å². The van der Waals surface area contributed by atoms with Crippen molar-refractivity contribution in [3.63, 3.8) is 0 Å². The van der Waals surface area contributed by atoms with Gasteiger partial charge in [0, 0.05) is 5.75 Å². The van der Waals surface area contributed by atoms with Gasteiger partial charge in [0.25, 0.3) is 0 Å². The highest BCUT2D eigenvalue weighted by Gasteiger charge is 2.13. The molecule has 2 aromatic carbocycles. The monoisotopic (exact) mass is 346 g/mol. The van der Waals surface area contributed by atoms with E-state index in [0.717, 1.165) is 11.4 Å². The molecule has 0 bridgehead atoms. The number of nitrogens with zero attached hydrogens (tertiary/aromatic N) is 4. The predicted molar refractivity (Wildman–Crippen MR) is 87.8 cm³/mol. The smallest absolute Gasteiger partial charge is 0.214 e. The quantitative estimate of drug-likeness (QED) is 0.692. The highest BCUT2D eigenvalue weighted by molar-refractivity contribution is 7.99. The molecule has 1 aromatic heterocycles. The fourth-order valence-corrected chi connectivity index (χ4v) is 2.95. The molecule has 124 valence electrons. The summed E-state index contributed by atoms with van der Waals surface area (Å²) in [6.07, 6.45) is -0.739. The normalized spacial score (nSPS) is 12.1. The predicted octanol–water partition coefficient (Wildman–Crippen LogP) is 2.64. The molecule has 0 fully saturated rings. The Kier molecular flexibility index (Phi) is 5.07. The van der Waals surface area contributed by atoms with Crippen LogP contribution in [0.2, 0.25) is 0 Å². The van der Waals surface area contributed by atoms with Gasteiger partial charge in [-0.15, -0.1) is 5.10 Å². The van der Waals surface area contributed by atoms with Crippen LogP contribution in [0.3, 0.4) is 0 Å². The van der Waals surface area contributed by atoms with Gasteiger partial charge in [-0.2, -0.15) is 4.68 Å². The van der Waals surface area contributed by atoms with Crippen molar-refractivity contribution in [2.45, 2.75) is 11.3 Å². The number of tetrazole rings is 1. The van der Waals surface area contributed by atoms with Gasteiger partial charge >= 0.3 is 0 Å². The molecule has 8 heteroatoms. The lowest BCUT2D eigenvalue weighted by Gasteiger charge is -2.10. The molecule has 3 rings (SSSR count). The zero-order valence-electron chi connectivity index (χ0n) is 12.8. The molecule has 0 saturated heterocycles. The Morgan fingerprint density at radius 2 is 1.88 bits per heavy atom. The van der Waals surface area contributed by atoms with E-state index in [1.54, 1.807) is 23.9 Å². The summed E-state index contributed by atoms with van der Waals surface area (Å²) in [4.78, 5) is 0. The summed E-state index contributed by atoms with van der Waals surface area (Å²) in [6.45, 7) is 0. The van der Waals surface area contributed by atoms with Crippen molar-refractivity contribution in [3.05, 3.63) is 59.9 Å². The summed E-state index contributed by atoms with van der Waals surface area (Å²) in [5.41, 5.74) is 1.44. The largest absolute Gasteiger partial charge is 0.497 e. The van der Waals surface area contributed by atoms with E-state index in [4.69, 9.17) is 4.74 Å². The Hall–Kier alpha value is -2.45. The lowest BCUT2D eigenvalue weighted by Crippen LogP contribution is -2.03. The number of hydrogen-bond donors (Lipinski definition) is 1. The van der Waals surface area contributed by atoms with Crippen LogP contribution in [0.4, 0.5) is 4.39 Å². The molecule has 3 aromatic rings. The maximum atomic E-state index is 12.9. The summed E-state index contributed by atoms with van der Waals surface area (Å²) < 4.78 is 19.6. The minimum absolute atomic E-state index is 0.331. The first-order valence-corrected chi connectivity index (χ1v) is 8.15. The fraction of sp³-hybridized carbons (Fsp3) is 0.188. The average molecular weight is 346 g/mol. The maximum absolute atomic E-state index is 12.9. The second kappa shape index (κ2) is 7.41. The lowest BCUT2D eigenvalue weighted by molar-refractivity contribution is 0.204. The van der Waals surface area contributed by atoms with Crippen LogP contribution in [-0.2, 0) is 0 Å². The summed E-state index contributed by atoms with van der Waals surface area (Å²) in [5, 5.41) is 22.4. The second-order valence-corrected chi connectivity index (χ2v) is 5.94. The molecular weight excluding hydrogens is 331 g/mol. The van der Waals surface area contributed by atoms with E-state index in [1.165, 1.54) is 23.9 Å². The van der Waals surface area contributed by atoms with E-state index in [-0.39, 0.29) is 5.82 Å². The molecule has 0 radical (unpaired) electrons. The third-order valence-corrected chi connectivity index (χ3v) is 4.38. The number of halogens is 1. The maximum Gasteiger partial charge on any atom is 0.214 e. The molecule has 1 N–H and O–H groups in total. The lowest BCUT2D eigenvalue weighted by atomic mass is 10.1. The Labute approximate surface area is 142 Å². The number of ether oxygens (including phenoxy) is 1. The van der Waals surface area contributed by atoms with E-state index in [0.29, 0.717) is 16.5 Å². The van der Waals surface area contributed by atoms with Crippen LogP contribution < -0.4 is 4.74 Å². The number of aliphatic hydroxyl groups excluding tert-OH is 1. The van der Waals surface area contributed by atoms with E-state index in [1.807, 2.05) is 24.3 Å². The Bertz CT molecular complexity index is 793. The number of aliphatic hydroxyl groups is 1. The summed E-state index contributed by atoms with van der Waals surface area (Å²) in [6, 6.07) is 13.1. The van der Waals surface area contributed by atoms with Gasteiger partial charge in [-0.3, -0.25) is 0 Å².